The number of hydrogen-bond acceptors (Lipinski definition) is 6. The van der Waals surface area contributed by atoms with Gasteiger partial charge in [0.15, 0.2) is 0 Å². The smallest absolute Gasteiger partial charge is 0.266 e. The number of amides is 1. The lowest BCUT2D eigenvalue weighted by atomic mass is 9.89. The molecule has 2 aromatic carbocycles. The normalized spacial score (nSPS) is 17.5. The molecule has 1 amide bonds. The van der Waals surface area contributed by atoms with Gasteiger partial charge in [-0.2, -0.15) is 0 Å². The molecule has 0 unspecified atom stereocenters. The highest BCUT2D eigenvalue weighted by molar-refractivity contribution is 7.21. The molecule has 198 valence electrons. The minimum atomic E-state index is -0.651. The van der Waals surface area contributed by atoms with Crippen LogP contribution in [0.25, 0.3) is 21.2 Å². The van der Waals surface area contributed by atoms with Crippen molar-refractivity contribution in [3.05, 3.63) is 76.2 Å². The van der Waals surface area contributed by atoms with Crippen molar-refractivity contribution in [3.63, 3.8) is 0 Å². The van der Waals surface area contributed by atoms with Crippen LogP contribution in [0.4, 0.5) is 8.78 Å². The highest BCUT2D eigenvalue weighted by Gasteiger charge is 2.33. The van der Waals surface area contributed by atoms with Gasteiger partial charge in [-0.05, 0) is 62.6 Å². The third-order valence-corrected chi connectivity index (χ3v) is 8.87. The summed E-state index contributed by atoms with van der Waals surface area (Å²) in [6.45, 7) is 0.244. The van der Waals surface area contributed by atoms with Gasteiger partial charge in [0.25, 0.3) is 5.91 Å². The van der Waals surface area contributed by atoms with Crippen LogP contribution in [-0.2, 0) is 6.54 Å². The second kappa shape index (κ2) is 11.3. The molecule has 1 fully saturated rings. The molecular weight excluding hydrogens is 530 g/mol. The molecule has 0 saturated heterocycles. The monoisotopic (exact) mass is 556 g/mol. The molecule has 10 heteroatoms. The zero-order valence-corrected chi connectivity index (χ0v) is 22.6. The van der Waals surface area contributed by atoms with E-state index in [1.165, 1.54) is 6.33 Å². The Morgan fingerprint density at radius 1 is 1.11 bits per heavy atom. The van der Waals surface area contributed by atoms with E-state index in [-0.39, 0.29) is 38.5 Å². The second-order valence-electron chi connectivity index (χ2n) is 9.36. The maximum atomic E-state index is 14.6. The maximum absolute atomic E-state index is 14.6. The summed E-state index contributed by atoms with van der Waals surface area (Å²) in [6, 6.07) is 8.13. The highest BCUT2D eigenvalue weighted by atomic mass is 35.5. The Morgan fingerprint density at radius 3 is 2.47 bits per heavy atom. The number of benzene rings is 2. The number of aromatic nitrogens is 2. The average Bonchev–Trinajstić information content (AvgIpc) is 3.32. The Hall–Kier alpha value is -3.14. The van der Waals surface area contributed by atoms with Crippen molar-refractivity contribution < 1.29 is 18.3 Å². The number of nitrogens with one attached hydrogen (secondary N) is 1. The van der Waals surface area contributed by atoms with Gasteiger partial charge in [-0.1, -0.05) is 17.7 Å². The predicted molar refractivity (Wildman–Crippen MR) is 146 cm³/mol. The molecule has 1 aliphatic carbocycles. The van der Waals surface area contributed by atoms with Crippen LogP contribution in [0.2, 0.25) is 5.02 Å². The molecule has 2 heterocycles. The van der Waals surface area contributed by atoms with Gasteiger partial charge in [0, 0.05) is 42.1 Å². The van der Waals surface area contributed by atoms with E-state index in [2.05, 4.69) is 15.3 Å². The topological polar surface area (TPSA) is 67.3 Å². The van der Waals surface area contributed by atoms with Crippen LogP contribution < -0.4 is 10.1 Å². The molecule has 0 aliphatic heterocycles. The van der Waals surface area contributed by atoms with E-state index in [1.807, 2.05) is 25.2 Å². The van der Waals surface area contributed by atoms with E-state index in [9.17, 15) is 13.6 Å². The second-order valence-corrected chi connectivity index (χ2v) is 10.8. The lowest BCUT2D eigenvalue weighted by Crippen LogP contribution is -2.44. The van der Waals surface area contributed by atoms with E-state index in [1.54, 1.807) is 24.4 Å². The SMILES string of the molecule is CN[C@H]1CC[C@@H](N(Cc2cc(-c3cncnc3)ccc2OC)C(=O)c2sc3c(F)ccc(F)c3c2Cl)CC1. The number of fused-ring (bicyclic) bond motifs is 1. The molecule has 6 nitrogen and oxygen atoms in total. The standard InChI is InChI=1S/C28H27ClF2N4O2S/c1-32-19-4-6-20(7-5-19)35(28(36)27-25(29)24-21(30)8-9-22(31)26(24)38-27)14-17-11-16(3-10-23(17)37-2)18-12-33-15-34-13-18/h3,8-13,15,19-20,32H,4-7,14H2,1-2H3/t19-,20+. The summed E-state index contributed by atoms with van der Waals surface area (Å²) in [5.74, 6) is -0.972. The summed E-state index contributed by atoms with van der Waals surface area (Å²) in [6.07, 6.45) is 8.31. The van der Waals surface area contributed by atoms with Crippen LogP contribution in [0.15, 0.2) is 49.1 Å². The van der Waals surface area contributed by atoms with Gasteiger partial charge in [-0.15, -0.1) is 11.3 Å². The van der Waals surface area contributed by atoms with Gasteiger partial charge in [0.05, 0.1) is 22.2 Å². The first kappa shape index (κ1) is 26.5. The molecule has 0 spiro atoms. The van der Waals surface area contributed by atoms with E-state index >= 15 is 0 Å². The molecule has 1 N–H and O–H groups in total. The largest absolute Gasteiger partial charge is 0.496 e. The number of halogens is 3. The van der Waals surface area contributed by atoms with Crippen molar-refractivity contribution in [2.45, 2.75) is 44.3 Å². The average molecular weight is 557 g/mol. The van der Waals surface area contributed by atoms with Crippen molar-refractivity contribution in [3.8, 4) is 16.9 Å². The maximum Gasteiger partial charge on any atom is 0.266 e. The molecule has 0 bridgehead atoms. The van der Waals surface area contributed by atoms with Gasteiger partial charge in [0.1, 0.15) is 28.6 Å². The van der Waals surface area contributed by atoms with Crippen LogP contribution in [0.3, 0.4) is 0 Å². The molecular formula is C28H27ClF2N4O2S. The van der Waals surface area contributed by atoms with Crippen LogP contribution in [0.1, 0.15) is 40.9 Å². The number of nitrogens with zero attached hydrogens (tertiary/aromatic N) is 3. The highest BCUT2D eigenvalue weighted by Crippen LogP contribution is 2.40. The number of thiophene rings is 1. The van der Waals surface area contributed by atoms with Crippen LogP contribution in [-0.4, -0.2) is 47.0 Å². The number of methoxy groups -OCH3 is 1. The number of hydrogen-bond donors (Lipinski definition) is 1. The molecule has 5 rings (SSSR count). The van der Waals surface area contributed by atoms with E-state index < -0.39 is 11.6 Å². The molecule has 2 aromatic heterocycles. The molecule has 1 saturated carbocycles. The van der Waals surface area contributed by atoms with E-state index in [0.29, 0.717) is 11.8 Å². The third-order valence-electron chi connectivity index (χ3n) is 7.20. The van der Waals surface area contributed by atoms with Gasteiger partial charge in [0.2, 0.25) is 0 Å². The fourth-order valence-corrected chi connectivity index (χ4v) is 6.63. The van der Waals surface area contributed by atoms with Gasteiger partial charge in [-0.25, -0.2) is 18.7 Å². The summed E-state index contributed by atoms with van der Waals surface area (Å²) in [5, 5.41) is 3.21. The first-order valence-corrected chi connectivity index (χ1v) is 13.6. The lowest BCUT2D eigenvalue weighted by molar-refractivity contribution is 0.0604. The fraction of sp³-hybridized carbons (Fsp3) is 0.321. The van der Waals surface area contributed by atoms with E-state index in [4.69, 9.17) is 16.3 Å². The Balaban J connectivity index is 1.56. The Labute approximate surface area is 228 Å². The number of rotatable bonds is 7. The van der Waals surface area contributed by atoms with Crippen molar-refractivity contribution in [1.29, 1.82) is 0 Å². The molecule has 1 aliphatic rings. The molecule has 38 heavy (non-hydrogen) atoms. The van der Waals surface area contributed by atoms with Crippen molar-refractivity contribution in [2.75, 3.05) is 14.2 Å². The van der Waals surface area contributed by atoms with Crippen LogP contribution >= 0.6 is 22.9 Å². The van der Waals surface area contributed by atoms with Crippen LogP contribution in [0, 0.1) is 11.6 Å². The zero-order valence-electron chi connectivity index (χ0n) is 21.0. The molecule has 0 radical (unpaired) electrons. The first-order valence-electron chi connectivity index (χ1n) is 12.4. The Bertz CT molecular complexity index is 1460. The van der Waals surface area contributed by atoms with Crippen molar-refractivity contribution >= 4 is 38.9 Å². The lowest BCUT2D eigenvalue weighted by Gasteiger charge is -2.37. The summed E-state index contributed by atoms with van der Waals surface area (Å²) in [4.78, 5) is 24.2. The minimum Gasteiger partial charge on any atom is -0.496 e. The summed E-state index contributed by atoms with van der Waals surface area (Å²) in [7, 11) is 3.53. The van der Waals surface area contributed by atoms with Gasteiger partial charge >= 0.3 is 0 Å². The summed E-state index contributed by atoms with van der Waals surface area (Å²) >= 11 is 7.42. The number of carbonyl (C=O) groups is 1. The van der Waals surface area contributed by atoms with Gasteiger partial charge in [-0.3, -0.25) is 4.79 Å². The fourth-order valence-electron chi connectivity index (χ4n) is 5.12. The first-order chi connectivity index (χ1) is 18.4. The molecule has 4 aromatic rings. The van der Waals surface area contributed by atoms with Crippen molar-refractivity contribution in [1.82, 2.24) is 20.2 Å². The third kappa shape index (κ3) is 5.10. The Kier molecular flexibility index (Phi) is 7.88. The summed E-state index contributed by atoms with van der Waals surface area (Å²) < 4.78 is 34.8. The predicted octanol–water partition coefficient (Wildman–Crippen LogP) is 6.47. The molecule has 0 atom stereocenters. The number of ether oxygens (including phenoxy) is 1. The van der Waals surface area contributed by atoms with E-state index in [0.717, 1.165) is 65.8 Å². The summed E-state index contributed by atoms with van der Waals surface area (Å²) in [5.41, 5.74) is 2.52. The quantitative estimate of drug-likeness (QED) is 0.282. The minimum absolute atomic E-state index is 0.0425. The van der Waals surface area contributed by atoms with Crippen LogP contribution in [0.5, 0.6) is 5.75 Å². The number of carbonyl (C=O) groups excluding carboxylic acids is 1. The van der Waals surface area contributed by atoms with Gasteiger partial charge < -0.3 is 15.0 Å². The van der Waals surface area contributed by atoms with Crippen molar-refractivity contribution in [2.24, 2.45) is 0 Å². The Morgan fingerprint density at radius 2 is 1.82 bits per heavy atom. The zero-order chi connectivity index (χ0) is 26.8.